The van der Waals surface area contributed by atoms with Gasteiger partial charge in [-0.25, -0.2) is 4.79 Å². The van der Waals surface area contributed by atoms with Crippen molar-refractivity contribution in [3.8, 4) is 5.75 Å². The molecular weight excluding hydrogens is 256 g/mol. The second kappa shape index (κ2) is 6.75. The highest BCUT2D eigenvalue weighted by Crippen LogP contribution is 2.32. The molecule has 0 radical (unpaired) electrons. The zero-order chi connectivity index (χ0) is 15.3. The summed E-state index contributed by atoms with van der Waals surface area (Å²) in [6.07, 6.45) is -0.936. The first kappa shape index (κ1) is 16.5. The monoisotopic (exact) mass is 280 g/mol. The molecule has 0 amide bonds. The minimum atomic E-state index is -1.00. The Kier molecular flexibility index (Phi) is 5.57. The second-order valence-corrected chi connectivity index (χ2v) is 5.84. The zero-order valence-electron chi connectivity index (χ0n) is 12.9. The van der Waals surface area contributed by atoms with Crippen molar-refractivity contribution in [1.82, 2.24) is 0 Å². The van der Waals surface area contributed by atoms with E-state index in [1.807, 2.05) is 19.1 Å². The van der Waals surface area contributed by atoms with Gasteiger partial charge < -0.3 is 14.6 Å². The van der Waals surface area contributed by atoms with E-state index in [0.717, 1.165) is 11.1 Å². The Labute approximate surface area is 120 Å². The number of hydrogen-bond donors (Lipinski definition) is 1. The van der Waals surface area contributed by atoms with Crippen molar-refractivity contribution >= 4 is 5.97 Å². The third-order valence-corrected chi connectivity index (χ3v) is 2.98. The van der Waals surface area contributed by atoms with Gasteiger partial charge in [0.2, 0.25) is 0 Å². The van der Waals surface area contributed by atoms with Gasteiger partial charge in [0.1, 0.15) is 12.4 Å². The number of carboxylic acids is 1. The molecule has 0 aliphatic rings. The summed E-state index contributed by atoms with van der Waals surface area (Å²) in [6, 6.07) is 5.92. The number of carbonyl (C=O) groups is 1. The molecular formula is C16H24O4. The summed E-state index contributed by atoms with van der Waals surface area (Å²) in [5, 5.41) is 9.05. The van der Waals surface area contributed by atoms with E-state index in [0.29, 0.717) is 12.4 Å². The molecule has 1 N–H and O–H groups in total. The second-order valence-electron chi connectivity index (χ2n) is 5.84. The summed E-state index contributed by atoms with van der Waals surface area (Å²) in [7, 11) is 0. The van der Waals surface area contributed by atoms with Crippen molar-refractivity contribution in [3.63, 3.8) is 0 Å². The zero-order valence-corrected chi connectivity index (χ0v) is 12.9. The van der Waals surface area contributed by atoms with E-state index in [4.69, 9.17) is 14.6 Å². The van der Waals surface area contributed by atoms with Gasteiger partial charge in [0.15, 0.2) is 6.10 Å². The SMILES string of the molecule is CCOC(COc1ccc(C)cc1C(C)(C)C)C(=O)O. The van der Waals surface area contributed by atoms with E-state index in [1.54, 1.807) is 6.92 Å². The molecule has 0 heterocycles. The first-order valence-electron chi connectivity index (χ1n) is 6.84. The lowest BCUT2D eigenvalue weighted by Crippen LogP contribution is -2.31. The molecule has 0 saturated carbocycles. The summed E-state index contributed by atoms with van der Waals surface area (Å²) in [6.45, 7) is 10.5. The maximum Gasteiger partial charge on any atom is 0.336 e. The highest BCUT2D eigenvalue weighted by atomic mass is 16.5. The van der Waals surface area contributed by atoms with E-state index in [1.165, 1.54) is 0 Å². The van der Waals surface area contributed by atoms with E-state index in [-0.39, 0.29) is 12.0 Å². The average molecular weight is 280 g/mol. The predicted molar refractivity (Wildman–Crippen MR) is 78.4 cm³/mol. The van der Waals surface area contributed by atoms with Crippen LogP contribution in [0.3, 0.4) is 0 Å². The van der Waals surface area contributed by atoms with Gasteiger partial charge in [-0.1, -0.05) is 38.5 Å². The fourth-order valence-electron chi connectivity index (χ4n) is 1.91. The number of aliphatic carboxylic acids is 1. The number of rotatable bonds is 6. The van der Waals surface area contributed by atoms with Crippen LogP contribution >= 0.6 is 0 Å². The Morgan fingerprint density at radius 1 is 1.35 bits per heavy atom. The first-order valence-corrected chi connectivity index (χ1v) is 6.84. The fraction of sp³-hybridized carbons (Fsp3) is 0.562. The van der Waals surface area contributed by atoms with Gasteiger partial charge >= 0.3 is 5.97 Å². The molecule has 4 heteroatoms. The van der Waals surface area contributed by atoms with Crippen molar-refractivity contribution in [2.45, 2.75) is 46.1 Å². The molecule has 0 saturated heterocycles. The standard InChI is InChI=1S/C16H24O4/c1-6-19-14(15(17)18)10-20-13-8-7-11(2)9-12(13)16(3,4)5/h7-9,14H,6,10H2,1-5H3,(H,17,18). The van der Waals surface area contributed by atoms with Gasteiger partial charge in [0.25, 0.3) is 0 Å². The summed E-state index contributed by atoms with van der Waals surface area (Å²) in [5.74, 6) is -0.287. The molecule has 0 aliphatic carbocycles. The van der Waals surface area contributed by atoms with E-state index < -0.39 is 12.1 Å². The van der Waals surface area contributed by atoms with Crippen molar-refractivity contribution in [1.29, 1.82) is 0 Å². The maximum atomic E-state index is 11.0. The van der Waals surface area contributed by atoms with Gasteiger partial charge in [-0.05, 0) is 30.9 Å². The van der Waals surface area contributed by atoms with Crippen LogP contribution in [0.1, 0.15) is 38.8 Å². The molecule has 1 atom stereocenters. The number of hydrogen-bond acceptors (Lipinski definition) is 3. The van der Waals surface area contributed by atoms with E-state index in [2.05, 4.69) is 26.8 Å². The van der Waals surface area contributed by atoms with Gasteiger partial charge in [0, 0.05) is 6.61 Å². The fourth-order valence-corrected chi connectivity index (χ4v) is 1.91. The third kappa shape index (κ3) is 4.53. The van der Waals surface area contributed by atoms with E-state index >= 15 is 0 Å². The van der Waals surface area contributed by atoms with Crippen molar-refractivity contribution in [3.05, 3.63) is 29.3 Å². The van der Waals surface area contributed by atoms with Crippen LogP contribution in [-0.4, -0.2) is 30.4 Å². The predicted octanol–water partition coefficient (Wildman–Crippen LogP) is 3.16. The van der Waals surface area contributed by atoms with Crippen LogP contribution in [0, 0.1) is 6.92 Å². The molecule has 0 aliphatic heterocycles. The summed E-state index contributed by atoms with van der Waals surface area (Å²) >= 11 is 0. The van der Waals surface area contributed by atoms with Gasteiger partial charge in [-0.3, -0.25) is 0 Å². The molecule has 112 valence electrons. The molecule has 1 rings (SSSR count). The van der Waals surface area contributed by atoms with Gasteiger partial charge in [0.05, 0.1) is 0 Å². The summed E-state index contributed by atoms with van der Waals surface area (Å²) in [5.41, 5.74) is 2.16. The van der Waals surface area contributed by atoms with Crippen molar-refractivity contribution in [2.75, 3.05) is 13.2 Å². The quantitative estimate of drug-likeness (QED) is 0.869. The van der Waals surface area contributed by atoms with E-state index in [9.17, 15) is 4.79 Å². The number of ether oxygens (including phenoxy) is 2. The largest absolute Gasteiger partial charge is 0.490 e. The Morgan fingerprint density at radius 2 is 2.00 bits per heavy atom. The molecule has 0 bridgehead atoms. The Bertz CT molecular complexity index is 460. The Balaban J connectivity index is 2.89. The Morgan fingerprint density at radius 3 is 2.50 bits per heavy atom. The van der Waals surface area contributed by atoms with Crippen LogP contribution in [0.15, 0.2) is 18.2 Å². The minimum Gasteiger partial charge on any atom is -0.490 e. The maximum absolute atomic E-state index is 11.0. The van der Waals surface area contributed by atoms with Gasteiger partial charge in [-0.2, -0.15) is 0 Å². The van der Waals surface area contributed by atoms with Crippen LogP contribution in [0.25, 0.3) is 0 Å². The molecule has 1 unspecified atom stereocenters. The topological polar surface area (TPSA) is 55.8 Å². The molecule has 1 aromatic rings. The lowest BCUT2D eigenvalue weighted by Gasteiger charge is -2.24. The number of benzene rings is 1. The first-order chi connectivity index (χ1) is 9.25. The van der Waals surface area contributed by atoms with Crippen LogP contribution in [0.4, 0.5) is 0 Å². The Hall–Kier alpha value is -1.55. The highest BCUT2D eigenvalue weighted by molar-refractivity contribution is 5.72. The van der Waals surface area contributed by atoms with Crippen molar-refractivity contribution in [2.24, 2.45) is 0 Å². The summed E-state index contributed by atoms with van der Waals surface area (Å²) < 4.78 is 10.8. The average Bonchev–Trinajstić information content (AvgIpc) is 2.34. The molecule has 4 nitrogen and oxygen atoms in total. The highest BCUT2D eigenvalue weighted by Gasteiger charge is 2.22. The van der Waals surface area contributed by atoms with Crippen LogP contribution in [0.2, 0.25) is 0 Å². The minimum absolute atomic E-state index is 0.00924. The molecule has 0 spiro atoms. The number of aryl methyl sites for hydroxylation is 1. The molecule has 0 fully saturated rings. The number of carboxylic acid groups (broad SMARTS) is 1. The van der Waals surface area contributed by atoms with Crippen molar-refractivity contribution < 1.29 is 19.4 Å². The van der Waals surface area contributed by atoms with Crippen LogP contribution in [-0.2, 0) is 14.9 Å². The molecule has 0 aromatic heterocycles. The molecule has 20 heavy (non-hydrogen) atoms. The normalized spacial score (nSPS) is 13.1. The lowest BCUT2D eigenvalue weighted by molar-refractivity contribution is -0.152. The van der Waals surface area contributed by atoms with Crippen LogP contribution in [0.5, 0.6) is 5.75 Å². The lowest BCUT2D eigenvalue weighted by atomic mass is 9.85. The molecule has 1 aromatic carbocycles. The smallest absolute Gasteiger partial charge is 0.336 e. The van der Waals surface area contributed by atoms with Gasteiger partial charge in [-0.15, -0.1) is 0 Å². The third-order valence-electron chi connectivity index (χ3n) is 2.98. The summed E-state index contributed by atoms with van der Waals surface area (Å²) in [4.78, 5) is 11.0. The van der Waals surface area contributed by atoms with Crippen LogP contribution < -0.4 is 4.74 Å².